The normalized spacial score (nSPS) is 10.5. The second kappa shape index (κ2) is 8.87. The lowest BCUT2D eigenvalue weighted by atomic mass is 10.1. The molecule has 1 rings (SSSR count). The number of hydrogen-bond acceptors (Lipinski definition) is 4. The molecule has 5 nitrogen and oxygen atoms in total. The van der Waals surface area contributed by atoms with E-state index in [1.807, 2.05) is 30.1 Å². The van der Waals surface area contributed by atoms with Gasteiger partial charge in [-0.3, -0.25) is 4.79 Å². The Hall–Kier alpha value is -1.30. The molecule has 21 heavy (non-hydrogen) atoms. The SMILES string of the molecule is COCCNCc1cccc(Cl)c1N(C)CC(=O)N(C)C. The van der Waals surface area contributed by atoms with Gasteiger partial charge in [-0.05, 0) is 11.6 Å². The van der Waals surface area contributed by atoms with Crippen LogP contribution in [-0.4, -0.2) is 58.8 Å². The van der Waals surface area contributed by atoms with Gasteiger partial charge in [-0.25, -0.2) is 0 Å². The van der Waals surface area contributed by atoms with Crippen LogP contribution in [0, 0.1) is 0 Å². The molecule has 0 atom stereocenters. The number of likely N-dealkylation sites (N-methyl/N-ethyl adjacent to an activating group) is 2. The van der Waals surface area contributed by atoms with Crippen LogP contribution in [0.5, 0.6) is 0 Å². The fourth-order valence-electron chi connectivity index (χ4n) is 1.95. The molecule has 1 aromatic carbocycles. The number of hydrogen-bond donors (Lipinski definition) is 1. The molecule has 0 aromatic heterocycles. The maximum absolute atomic E-state index is 11.9. The molecular formula is C15H24ClN3O2. The summed E-state index contributed by atoms with van der Waals surface area (Å²) in [7, 11) is 7.04. The van der Waals surface area contributed by atoms with Gasteiger partial charge < -0.3 is 19.9 Å². The topological polar surface area (TPSA) is 44.8 Å². The number of nitrogens with one attached hydrogen (secondary N) is 1. The Kier molecular flexibility index (Phi) is 7.50. The summed E-state index contributed by atoms with van der Waals surface area (Å²) in [6.45, 7) is 2.40. The summed E-state index contributed by atoms with van der Waals surface area (Å²) >= 11 is 6.31. The number of carbonyl (C=O) groups excluding carboxylic acids is 1. The van der Waals surface area contributed by atoms with E-state index in [1.54, 1.807) is 26.1 Å². The van der Waals surface area contributed by atoms with E-state index in [-0.39, 0.29) is 5.91 Å². The lowest BCUT2D eigenvalue weighted by Gasteiger charge is -2.25. The standard InChI is InChI=1S/C15H24ClN3O2/c1-18(2)14(20)11-19(3)15-12(6-5-7-13(15)16)10-17-8-9-21-4/h5-7,17H,8-11H2,1-4H3. The molecule has 0 aliphatic heterocycles. The number of rotatable bonds is 8. The van der Waals surface area contributed by atoms with Gasteiger partial charge in [0.2, 0.25) is 5.91 Å². The van der Waals surface area contributed by atoms with Crippen molar-refractivity contribution < 1.29 is 9.53 Å². The van der Waals surface area contributed by atoms with E-state index in [4.69, 9.17) is 16.3 Å². The Morgan fingerprint density at radius 3 is 2.67 bits per heavy atom. The summed E-state index contributed by atoms with van der Waals surface area (Å²) < 4.78 is 5.01. The highest BCUT2D eigenvalue weighted by Gasteiger charge is 2.15. The Bertz CT molecular complexity index is 466. The van der Waals surface area contributed by atoms with Gasteiger partial charge in [0, 0.05) is 41.3 Å². The fraction of sp³-hybridized carbons (Fsp3) is 0.533. The van der Waals surface area contributed by atoms with Gasteiger partial charge in [0.1, 0.15) is 0 Å². The molecule has 0 unspecified atom stereocenters. The molecule has 0 aliphatic carbocycles. The minimum absolute atomic E-state index is 0.0377. The van der Waals surface area contributed by atoms with Crippen molar-refractivity contribution in [3.05, 3.63) is 28.8 Å². The maximum atomic E-state index is 11.9. The molecule has 1 N–H and O–H groups in total. The van der Waals surface area contributed by atoms with E-state index in [2.05, 4.69) is 5.32 Å². The molecule has 118 valence electrons. The summed E-state index contributed by atoms with van der Waals surface area (Å²) in [6, 6.07) is 5.77. The molecule has 0 saturated carbocycles. The lowest BCUT2D eigenvalue weighted by Crippen LogP contribution is -2.35. The van der Waals surface area contributed by atoms with Crippen molar-refractivity contribution in [2.75, 3.05) is 52.8 Å². The summed E-state index contributed by atoms with van der Waals surface area (Å²) in [5.41, 5.74) is 1.95. The number of halogens is 1. The van der Waals surface area contributed by atoms with E-state index >= 15 is 0 Å². The van der Waals surface area contributed by atoms with Gasteiger partial charge in [0.15, 0.2) is 0 Å². The molecule has 6 heteroatoms. The zero-order chi connectivity index (χ0) is 15.8. The number of nitrogens with zero attached hydrogens (tertiary/aromatic N) is 2. The van der Waals surface area contributed by atoms with E-state index in [9.17, 15) is 4.79 Å². The Balaban J connectivity index is 2.81. The molecule has 1 aromatic rings. The number of anilines is 1. The zero-order valence-electron chi connectivity index (χ0n) is 13.1. The highest BCUT2D eigenvalue weighted by Crippen LogP contribution is 2.29. The van der Waals surface area contributed by atoms with E-state index in [0.717, 1.165) is 17.8 Å². The van der Waals surface area contributed by atoms with Crippen molar-refractivity contribution in [3.8, 4) is 0 Å². The molecule has 0 aliphatic rings. The Labute approximate surface area is 131 Å². The number of benzene rings is 1. The molecule has 0 radical (unpaired) electrons. The van der Waals surface area contributed by atoms with Crippen LogP contribution >= 0.6 is 11.6 Å². The minimum atomic E-state index is 0.0377. The van der Waals surface area contributed by atoms with Crippen molar-refractivity contribution in [2.24, 2.45) is 0 Å². The minimum Gasteiger partial charge on any atom is -0.383 e. The number of amides is 1. The van der Waals surface area contributed by atoms with Gasteiger partial charge >= 0.3 is 0 Å². The van der Waals surface area contributed by atoms with Crippen molar-refractivity contribution in [1.82, 2.24) is 10.2 Å². The van der Waals surface area contributed by atoms with Crippen LogP contribution in [0.1, 0.15) is 5.56 Å². The van der Waals surface area contributed by atoms with E-state index < -0.39 is 0 Å². The van der Waals surface area contributed by atoms with Gasteiger partial charge in [0.25, 0.3) is 0 Å². The van der Waals surface area contributed by atoms with Crippen molar-refractivity contribution in [1.29, 1.82) is 0 Å². The number of para-hydroxylation sites is 1. The second-order valence-corrected chi connectivity index (χ2v) is 5.47. The van der Waals surface area contributed by atoms with E-state index in [1.165, 1.54) is 0 Å². The first-order valence-corrected chi connectivity index (χ1v) is 7.23. The molecule has 1 amide bonds. The highest BCUT2D eigenvalue weighted by molar-refractivity contribution is 6.33. The van der Waals surface area contributed by atoms with E-state index in [0.29, 0.717) is 24.7 Å². The monoisotopic (exact) mass is 313 g/mol. The maximum Gasteiger partial charge on any atom is 0.241 e. The van der Waals surface area contributed by atoms with Gasteiger partial charge in [-0.15, -0.1) is 0 Å². The first-order chi connectivity index (χ1) is 9.97. The van der Waals surface area contributed by atoms with Crippen LogP contribution in [0.2, 0.25) is 5.02 Å². The average Bonchev–Trinajstić information content (AvgIpc) is 2.43. The van der Waals surface area contributed by atoms with Crippen LogP contribution in [-0.2, 0) is 16.1 Å². The summed E-state index contributed by atoms with van der Waals surface area (Å²) in [6.07, 6.45) is 0. The van der Waals surface area contributed by atoms with Gasteiger partial charge in [-0.1, -0.05) is 23.7 Å². The number of methoxy groups -OCH3 is 1. The first-order valence-electron chi connectivity index (χ1n) is 6.85. The second-order valence-electron chi connectivity index (χ2n) is 5.06. The molecule has 0 spiro atoms. The predicted octanol–water partition coefficient (Wildman–Crippen LogP) is 1.60. The average molecular weight is 314 g/mol. The fourth-order valence-corrected chi connectivity index (χ4v) is 2.29. The Morgan fingerprint density at radius 1 is 1.33 bits per heavy atom. The van der Waals surface area contributed by atoms with Crippen molar-refractivity contribution >= 4 is 23.2 Å². The summed E-state index contributed by atoms with van der Waals surface area (Å²) in [5, 5.41) is 3.94. The molecule has 0 fully saturated rings. The Morgan fingerprint density at radius 2 is 2.05 bits per heavy atom. The van der Waals surface area contributed by atoms with Gasteiger partial charge in [-0.2, -0.15) is 0 Å². The highest BCUT2D eigenvalue weighted by atomic mass is 35.5. The first kappa shape index (κ1) is 17.8. The zero-order valence-corrected chi connectivity index (χ0v) is 13.9. The third-order valence-corrected chi connectivity index (χ3v) is 3.43. The predicted molar refractivity (Wildman–Crippen MR) is 87.0 cm³/mol. The molecular weight excluding hydrogens is 290 g/mol. The summed E-state index contributed by atoms with van der Waals surface area (Å²) in [4.78, 5) is 15.3. The molecule has 0 bridgehead atoms. The van der Waals surface area contributed by atoms with Crippen molar-refractivity contribution in [3.63, 3.8) is 0 Å². The number of carbonyl (C=O) groups is 1. The van der Waals surface area contributed by atoms with Crippen LogP contribution in [0.25, 0.3) is 0 Å². The largest absolute Gasteiger partial charge is 0.383 e. The third kappa shape index (κ3) is 5.53. The molecule has 0 heterocycles. The van der Waals surface area contributed by atoms with Crippen LogP contribution < -0.4 is 10.2 Å². The third-order valence-electron chi connectivity index (χ3n) is 3.12. The quantitative estimate of drug-likeness (QED) is 0.741. The smallest absolute Gasteiger partial charge is 0.241 e. The van der Waals surface area contributed by atoms with Crippen LogP contribution in [0.4, 0.5) is 5.69 Å². The van der Waals surface area contributed by atoms with Crippen molar-refractivity contribution in [2.45, 2.75) is 6.54 Å². The van der Waals surface area contributed by atoms with Crippen LogP contribution in [0.15, 0.2) is 18.2 Å². The summed E-state index contributed by atoms with van der Waals surface area (Å²) in [5.74, 6) is 0.0377. The van der Waals surface area contributed by atoms with Crippen LogP contribution in [0.3, 0.4) is 0 Å². The lowest BCUT2D eigenvalue weighted by molar-refractivity contribution is -0.127. The number of ether oxygens (including phenoxy) is 1. The van der Waals surface area contributed by atoms with Gasteiger partial charge in [0.05, 0.1) is 23.9 Å². The molecule has 0 saturated heterocycles.